The highest BCUT2D eigenvalue weighted by molar-refractivity contribution is 7.98. The number of nitrogens with zero attached hydrogens (tertiary/aromatic N) is 7. The minimum absolute atomic E-state index is 0.0404. The van der Waals surface area contributed by atoms with E-state index in [9.17, 15) is 9.18 Å². The first-order valence-electron chi connectivity index (χ1n) is 12.9. The number of pyridine rings is 1. The van der Waals surface area contributed by atoms with Crippen molar-refractivity contribution in [2.75, 3.05) is 26.2 Å². The van der Waals surface area contributed by atoms with E-state index in [1.54, 1.807) is 35.2 Å². The number of hydrogen-bond donors (Lipinski definition) is 0. The second kappa shape index (κ2) is 12.1. The molecule has 3 aromatic heterocycles. The summed E-state index contributed by atoms with van der Waals surface area (Å²) in [6.07, 6.45) is 3.33. The van der Waals surface area contributed by atoms with Gasteiger partial charge in [-0.2, -0.15) is 0 Å². The van der Waals surface area contributed by atoms with Gasteiger partial charge in [0.1, 0.15) is 16.5 Å². The molecule has 0 spiro atoms. The normalized spacial score (nSPS) is 14.0. The van der Waals surface area contributed by atoms with Crippen LogP contribution >= 0.6 is 23.1 Å². The van der Waals surface area contributed by atoms with E-state index in [1.807, 2.05) is 28.5 Å². The van der Waals surface area contributed by atoms with Crippen LogP contribution in [0.15, 0.2) is 89.7 Å². The lowest BCUT2D eigenvalue weighted by atomic mass is 10.2. The lowest BCUT2D eigenvalue weighted by Gasteiger charge is -2.34. The van der Waals surface area contributed by atoms with Crippen LogP contribution in [0.5, 0.6) is 0 Å². The Morgan fingerprint density at radius 2 is 1.68 bits per heavy atom. The molecule has 1 fully saturated rings. The van der Waals surface area contributed by atoms with Gasteiger partial charge in [-0.25, -0.2) is 9.37 Å². The molecule has 8 nitrogen and oxygen atoms in total. The second-order valence-electron chi connectivity index (χ2n) is 9.30. The number of amides is 1. The molecule has 0 unspecified atom stereocenters. The van der Waals surface area contributed by atoms with E-state index in [0.717, 1.165) is 30.2 Å². The summed E-state index contributed by atoms with van der Waals surface area (Å²) in [5.74, 6) is 0.592. The number of hydrogen-bond acceptors (Lipinski definition) is 8. The van der Waals surface area contributed by atoms with Gasteiger partial charge in [-0.05, 0) is 29.8 Å². The van der Waals surface area contributed by atoms with Gasteiger partial charge >= 0.3 is 0 Å². The zero-order valence-corrected chi connectivity index (χ0v) is 23.2. The van der Waals surface area contributed by atoms with E-state index in [4.69, 9.17) is 0 Å². The first-order chi connectivity index (χ1) is 19.7. The van der Waals surface area contributed by atoms with E-state index in [2.05, 4.69) is 49.3 Å². The smallest absolute Gasteiger partial charge is 0.273 e. The van der Waals surface area contributed by atoms with Crippen LogP contribution in [0.3, 0.4) is 0 Å². The van der Waals surface area contributed by atoms with Gasteiger partial charge in [-0.15, -0.1) is 21.5 Å². The highest BCUT2D eigenvalue weighted by atomic mass is 32.2. The van der Waals surface area contributed by atoms with E-state index in [0.29, 0.717) is 41.2 Å². The SMILES string of the molecule is O=C(c1csc(CSc2nnc(-c3ccncc3)n2-c2ccccc2F)n1)N1CCN(Cc2ccccc2)CC1. The maximum absolute atomic E-state index is 14.8. The van der Waals surface area contributed by atoms with Gasteiger partial charge in [-0.1, -0.05) is 54.2 Å². The number of para-hydroxylation sites is 1. The Morgan fingerprint density at radius 3 is 2.45 bits per heavy atom. The standard InChI is InChI=1S/C29H26FN7OS2/c30-23-8-4-5-9-25(23)37-27(22-10-12-31-13-11-22)33-34-29(37)40-20-26-32-24(19-39-26)28(38)36-16-14-35(15-17-36)18-21-6-2-1-3-7-21/h1-13,19H,14-18,20H2. The third kappa shape index (κ3) is 5.81. The van der Waals surface area contributed by atoms with Crippen molar-refractivity contribution < 1.29 is 9.18 Å². The third-order valence-corrected chi connectivity index (χ3v) is 8.64. The summed E-state index contributed by atoms with van der Waals surface area (Å²) in [5.41, 5.74) is 2.89. The highest BCUT2D eigenvalue weighted by Crippen LogP contribution is 2.31. The molecule has 0 radical (unpaired) electrons. The number of piperazine rings is 1. The quantitative estimate of drug-likeness (QED) is 0.238. The van der Waals surface area contributed by atoms with Crippen molar-refractivity contribution in [2.24, 2.45) is 0 Å². The van der Waals surface area contributed by atoms with Crippen molar-refractivity contribution in [3.8, 4) is 17.1 Å². The van der Waals surface area contributed by atoms with E-state index >= 15 is 0 Å². The minimum Gasteiger partial charge on any atom is -0.335 e. The molecule has 0 bridgehead atoms. The van der Waals surface area contributed by atoms with Crippen molar-refractivity contribution in [1.82, 2.24) is 34.5 Å². The zero-order chi connectivity index (χ0) is 27.3. The number of aromatic nitrogens is 5. The predicted octanol–water partition coefficient (Wildman–Crippen LogP) is 5.18. The van der Waals surface area contributed by atoms with Gasteiger partial charge in [0.05, 0.1) is 11.4 Å². The van der Waals surface area contributed by atoms with Crippen LogP contribution in [0.4, 0.5) is 4.39 Å². The topological polar surface area (TPSA) is 80.0 Å². The number of carbonyl (C=O) groups excluding carboxylic acids is 1. The lowest BCUT2D eigenvalue weighted by molar-refractivity contribution is 0.0623. The predicted molar refractivity (Wildman–Crippen MR) is 154 cm³/mol. The molecule has 0 saturated carbocycles. The Kier molecular flexibility index (Phi) is 7.94. The molecule has 1 amide bonds. The number of benzene rings is 2. The fraction of sp³-hybridized carbons (Fsp3) is 0.207. The highest BCUT2D eigenvalue weighted by Gasteiger charge is 2.24. The van der Waals surface area contributed by atoms with Crippen LogP contribution in [0, 0.1) is 5.82 Å². The molecule has 2 aromatic carbocycles. The Labute approximate surface area is 239 Å². The maximum Gasteiger partial charge on any atom is 0.273 e. The van der Waals surface area contributed by atoms with Gasteiger partial charge in [0.15, 0.2) is 11.0 Å². The van der Waals surface area contributed by atoms with Crippen molar-refractivity contribution in [1.29, 1.82) is 0 Å². The zero-order valence-electron chi connectivity index (χ0n) is 21.6. The molecule has 0 atom stereocenters. The molecule has 1 aliphatic heterocycles. The summed E-state index contributed by atoms with van der Waals surface area (Å²) in [5, 5.41) is 11.9. The van der Waals surface area contributed by atoms with E-state index < -0.39 is 0 Å². The average molecular weight is 572 g/mol. The molecule has 6 rings (SSSR count). The summed E-state index contributed by atoms with van der Waals surface area (Å²) in [6, 6.07) is 20.6. The average Bonchev–Trinajstić information content (AvgIpc) is 3.65. The van der Waals surface area contributed by atoms with Crippen LogP contribution in [-0.2, 0) is 12.3 Å². The van der Waals surface area contributed by atoms with Crippen LogP contribution in [0.25, 0.3) is 17.1 Å². The van der Waals surface area contributed by atoms with Crippen LogP contribution in [0.2, 0.25) is 0 Å². The van der Waals surface area contributed by atoms with Crippen molar-refractivity contribution in [3.63, 3.8) is 0 Å². The first-order valence-corrected chi connectivity index (χ1v) is 14.8. The molecule has 1 saturated heterocycles. The molecule has 0 aliphatic carbocycles. The molecular weight excluding hydrogens is 545 g/mol. The van der Waals surface area contributed by atoms with Gasteiger partial charge in [0.25, 0.3) is 5.91 Å². The molecule has 0 N–H and O–H groups in total. The fourth-order valence-electron chi connectivity index (χ4n) is 4.62. The number of halogens is 1. The van der Waals surface area contributed by atoms with E-state index in [-0.39, 0.29) is 11.7 Å². The van der Waals surface area contributed by atoms with Gasteiger partial charge in [-0.3, -0.25) is 19.2 Å². The van der Waals surface area contributed by atoms with Crippen molar-refractivity contribution >= 4 is 29.0 Å². The largest absolute Gasteiger partial charge is 0.335 e. The summed E-state index contributed by atoms with van der Waals surface area (Å²) >= 11 is 2.85. The monoisotopic (exact) mass is 571 g/mol. The Hall–Kier alpha value is -3.93. The molecule has 5 aromatic rings. The minimum atomic E-state index is -0.370. The number of thioether (sulfide) groups is 1. The fourth-order valence-corrected chi connectivity index (χ4v) is 6.35. The Balaban J connectivity index is 1.12. The molecule has 4 heterocycles. The number of rotatable bonds is 8. The Bertz CT molecular complexity index is 1580. The lowest BCUT2D eigenvalue weighted by Crippen LogP contribution is -2.48. The van der Waals surface area contributed by atoms with Crippen LogP contribution in [-0.4, -0.2) is 66.6 Å². The summed E-state index contributed by atoms with van der Waals surface area (Å²) < 4.78 is 16.6. The van der Waals surface area contributed by atoms with Gasteiger partial charge < -0.3 is 4.90 Å². The van der Waals surface area contributed by atoms with Gasteiger partial charge in [0.2, 0.25) is 0 Å². The van der Waals surface area contributed by atoms with Gasteiger partial charge in [0, 0.05) is 56.1 Å². The summed E-state index contributed by atoms with van der Waals surface area (Å²) in [4.78, 5) is 26.1. The maximum atomic E-state index is 14.8. The molecule has 40 heavy (non-hydrogen) atoms. The Morgan fingerprint density at radius 1 is 0.925 bits per heavy atom. The summed E-state index contributed by atoms with van der Waals surface area (Å²) in [7, 11) is 0. The van der Waals surface area contributed by atoms with Crippen LogP contribution < -0.4 is 0 Å². The third-order valence-electron chi connectivity index (χ3n) is 6.67. The molecular formula is C29H26FN7OS2. The van der Waals surface area contributed by atoms with Crippen LogP contribution in [0.1, 0.15) is 21.1 Å². The molecule has 1 aliphatic rings. The molecule has 11 heteroatoms. The summed E-state index contributed by atoms with van der Waals surface area (Å²) in [6.45, 7) is 3.91. The van der Waals surface area contributed by atoms with Crippen molar-refractivity contribution in [2.45, 2.75) is 17.5 Å². The van der Waals surface area contributed by atoms with E-state index in [1.165, 1.54) is 34.7 Å². The number of thiazole rings is 1. The first kappa shape index (κ1) is 26.3. The number of carbonyl (C=O) groups is 1. The second-order valence-corrected chi connectivity index (χ2v) is 11.2. The molecule has 202 valence electrons. The van der Waals surface area contributed by atoms with Crippen molar-refractivity contribution in [3.05, 3.63) is 107 Å².